The maximum absolute atomic E-state index is 10.7. The number of esters is 2. The molecule has 4 heteroatoms. The lowest BCUT2D eigenvalue weighted by Gasteiger charge is -2.01. The van der Waals surface area contributed by atoms with Gasteiger partial charge in [0.25, 0.3) is 0 Å². The van der Waals surface area contributed by atoms with Gasteiger partial charge >= 0.3 is 11.9 Å². The second-order valence-corrected chi connectivity index (χ2v) is 1.69. The molecule has 0 bridgehead atoms. The van der Waals surface area contributed by atoms with Crippen molar-refractivity contribution >= 4 is 11.9 Å². The first kappa shape index (κ1) is 9.68. The predicted octanol–water partition coefficient (Wildman–Crippen LogP) is 0.279. The molecule has 0 unspecified atom stereocenters. The van der Waals surface area contributed by atoms with E-state index in [1.165, 1.54) is 7.11 Å². The summed E-state index contributed by atoms with van der Waals surface area (Å²) in [5.41, 5.74) is -0.283. The van der Waals surface area contributed by atoms with E-state index in [1.807, 2.05) is 0 Å². The van der Waals surface area contributed by atoms with Gasteiger partial charge in [0.1, 0.15) is 5.57 Å². The quantitative estimate of drug-likeness (QED) is 0.256. The molecular formula is C7H10O4. The largest absolute Gasteiger partial charge is 0.465 e. The highest BCUT2D eigenvalue weighted by atomic mass is 16.5. The normalized spacial score (nSPS) is 8.55. The highest BCUT2D eigenvalue weighted by Crippen LogP contribution is 1.96. The summed E-state index contributed by atoms with van der Waals surface area (Å²) >= 11 is 0. The van der Waals surface area contributed by atoms with E-state index in [-0.39, 0.29) is 12.2 Å². The number of methoxy groups -OCH3 is 1. The lowest BCUT2D eigenvalue weighted by atomic mass is 10.3. The van der Waals surface area contributed by atoms with Crippen LogP contribution in [0.15, 0.2) is 12.2 Å². The van der Waals surface area contributed by atoms with E-state index in [4.69, 9.17) is 0 Å². The molecule has 0 rings (SSSR count). The zero-order valence-corrected chi connectivity index (χ0v) is 6.55. The Labute approximate surface area is 64.8 Å². The zero-order valence-electron chi connectivity index (χ0n) is 6.55. The molecule has 0 heterocycles. The van der Waals surface area contributed by atoms with Crippen LogP contribution in [0.25, 0.3) is 0 Å². The first-order valence-corrected chi connectivity index (χ1v) is 3.07. The van der Waals surface area contributed by atoms with Crippen molar-refractivity contribution in [2.24, 2.45) is 0 Å². The molecule has 0 atom stereocenters. The molecule has 0 aliphatic heterocycles. The van der Waals surface area contributed by atoms with Crippen LogP contribution in [0.3, 0.4) is 0 Å². The Morgan fingerprint density at radius 2 is 1.91 bits per heavy atom. The average molecular weight is 158 g/mol. The van der Waals surface area contributed by atoms with E-state index in [1.54, 1.807) is 6.92 Å². The minimum atomic E-state index is -0.761. The minimum absolute atomic E-state index is 0.217. The SMILES string of the molecule is C=C(C(=O)OC)C(=O)OCC. The van der Waals surface area contributed by atoms with E-state index in [0.29, 0.717) is 0 Å². The lowest BCUT2D eigenvalue weighted by Crippen LogP contribution is -2.15. The molecular weight excluding hydrogens is 148 g/mol. The van der Waals surface area contributed by atoms with Crippen molar-refractivity contribution in [2.45, 2.75) is 6.92 Å². The molecule has 0 aliphatic carbocycles. The van der Waals surface area contributed by atoms with Crippen molar-refractivity contribution in [1.82, 2.24) is 0 Å². The van der Waals surface area contributed by atoms with Crippen molar-refractivity contribution in [3.05, 3.63) is 12.2 Å². The Balaban J connectivity index is 4.03. The predicted molar refractivity (Wildman–Crippen MR) is 37.8 cm³/mol. The van der Waals surface area contributed by atoms with Crippen molar-refractivity contribution in [3.63, 3.8) is 0 Å². The van der Waals surface area contributed by atoms with Crippen LogP contribution in [-0.2, 0) is 19.1 Å². The summed E-state index contributed by atoms with van der Waals surface area (Å²) in [6.07, 6.45) is 0. The Morgan fingerprint density at radius 1 is 1.36 bits per heavy atom. The van der Waals surface area contributed by atoms with Gasteiger partial charge in [0.15, 0.2) is 0 Å². The minimum Gasteiger partial charge on any atom is -0.465 e. The summed E-state index contributed by atoms with van der Waals surface area (Å²) in [7, 11) is 1.17. The molecule has 0 N–H and O–H groups in total. The third-order valence-electron chi connectivity index (χ3n) is 0.954. The molecule has 0 aliphatic rings. The number of carbonyl (C=O) groups is 2. The zero-order chi connectivity index (χ0) is 8.85. The van der Waals surface area contributed by atoms with Crippen LogP contribution in [0.1, 0.15) is 6.92 Å². The molecule has 0 fully saturated rings. The Morgan fingerprint density at radius 3 is 2.27 bits per heavy atom. The van der Waals surface area contributed by atoms with Gasteiger partial charge in [0.05, 0.1) is 13.7 Å². The van der Waals surface area contributed by atoms with Crippen molar-refractivity contribution in [1.29, 1.82) is 0 Å². The van der Waals surface area contributed by atoms with E-state index in [9.17, 15) is 9.59 Å². The first-order valence-electron chi connectivity index (χ1n) is 3.07. The number of hydrogen-bond acceptors (Lipinski definition) is 4. The number of hydrogen-bond donors (Lipinski definition) is 0. The van der Waals surface area contributed by atoms with Crippen LogP contribution in [-0.4, -0.2) is 25.7 Å². The van der Waals surface area contributed by atoms with Gasteiger partial charge in [-0.25, -0.2) is 9.59 Å². The molecule has 0 aromatic carbocycles. The summed E-state index contributed by atoms with van der Waals surface area (Å²) in [4.78, 5) is 21.3. The average Bonchev–Trinajstić information content (AvgIpc) is 2.02. The monoisotopic (exact) mass is 158 g/mol. The van der Waals surface area contributed by atoms with E-state index >= 15 is 0 Å². The fraction of sp³-hybridized carbons (Fsp3) is 0.429. The van der Waals surface area contributed by atoms with Gasteiger partial charge in [-0.1, -0.05) is 6.58 Å². The fourth-order valence-electron chi connectivity index (χ4n) is 0.425. The summed E-state index contributed by atoms with van der Waals surface area (Å²) < 4.78 is 8.73. The molecule has 0 radical (unpaired) electrons. The van der Waals surface area contributed by atoms with Crippen LogP contribution < -0.4 is 0 Å². The molecule has 4 nitrogen and oxygen atoms in total. The maximum atomic E-state index is 10.7. The molecule has 62 valence electrons. The summed E-state index contributed by atoms with van der Waals surface area (Å²) in [6, 6.07) is 0. The molecule has 0 saturated heterocycles. The van der Waals surface area contributed by atoms with Crippen LogP contribution in [0.5, 0.6) is 0 Å². The Bertz CT molecular complexity index is 183. The fourth-order valence-corrected chi connectivity index (χ4v) is 0.425. The molecule has 11 heavy (non-hydrogen) atoms. The van der Waals surface area contributed by atoms with Crippen LogP contribution in [0, 0.1) is 0 Å². The lowest BCUT2D eigenvalue weighted by molar-refractivity contribution is -0.145. The molecule has 0 aromatic heterocycles. The van der Waals surface area contributed by atoms with Gasteiger partial charge in [-0.2, -0.15) is 0 Å². The van der Waals surface area contributed by atoms with Gasteiger partial charge < -0.3 is 9.47 Å². The molecule has 0 spiro atoms. The summed E-state index contributed by atoms with van der Waals surface area (Å²) in [5, 5.41) is 0. The Kier molecular flexibility index (Phi) is 3.95. The number of carbonyl (C=O) groups excluding carboxylic acids is 2. The Hall–Kier alpha value is -1.32. The number of rotatable bonds is 3. The van der Waals surface area contributed by atoms with Crippen molar-refractivity contribution in [3.8, 4) is 0 Å². The van der Waals surface area contributed by atoms with Gasteiger partial charge in [-0.05, 0) is 6.92 Å². The highest BCUT2D eigenvalue weighted by Gasteiger charge is 2.16. The smallest absolute Gasteiger partial charge is 0.344 e. The highest BCUT2D eigenvalue weighted by molar-refractivity contribution is 6.13. The van der Waals surface area contributed by atoms with Gasteiger partial charge in [-0.15, -0.1) is 0 Å². The van der Waals surface area contributed by atoms with Gasteiger partial charge in [-0.3, -0.25) is 0 Å². The van der Waals surface area contributed by atoms with Crippen LogP contribution in [0.2, 0.25) is 0 Å². The third-order valence-corrected chi connectivity index (χ3v) is 0.954. The molecule has 0 aromatic rings. The van der Waals surface area contributed by atoms with Crippen LogP contribution >= 0.6 is 0 Å². The maximum Gasteiger partial charge on any atom is 0.344 e. The topological polar surface area (TPSA) is 52.6 Å². The molecule has 0 saturated carbocycles. The second-order valence-electron chi connectivity index (χ2n) is 1.69. The van der Waals surface area contributed by atoms with Crippen molar-refractivity contribution in [2.75, 3.05) is 13.7 Å². The van der Waals surface area contributed by atoms with Crippen molar-refractivity contribution < 1.29 is 19.1 Å². The molecule has 0 amide bonds. The second kappa shape index (κ2) is 4.49. The van der Waals surface area contributed by atoms with E-state index < -0.39 is 11.9 Å². The van der Waals surface area contributed by atoms with Crippen LogP contribution in [0.4, 0.5) is 0 Å². The standard InChI is InChI=1S/C7H10O4/c1-4-11-7(9)5(2)6(8)10-3/h2,4H2,1,3H3. The summed E-state index contributed by atoms with van der Waals surface area (Å²) in [5.74, 6) is -1.50. The third kappa shape index (κ3) is 2.84. The van der Waals surface area contributed by atoms with Gasteiger partial charge in [0.2, 0.25) is 0 Å². The number of ether oxygens (including phenoxy) is 2. The van der Waals surface area contributed by atoms with E-state index in [0.717, 1.165) is 0 Å². The summed E-state index contributed by atoms with van der Waals surface area (Å²) in [6.45, 7) is 5.05. The van der Waals surface area contributed by atoms with E-state index in [2.05, 4.69) is 16.1 Å². The van der Waals surface area contributed by atoms with Gasteiger partial charge in [0, 0.05) is 0 Å². The first-order chi connectivity index (χ1) is 5.13.